The van der Waals surface area contributed by atoms with Gasteiger partial charge in [-0.25, -0.2) is 0 Å². The molecule has 0 aliphatic carbocycles. The van der Waals surface area contributed by atoms with Crippen molar-refractivity contribution in [3.63, 3.8) is 0 Å². The Balaban J connectivity index is 2.58. The molecule has 0 saturated carbocycles. The minimum absolute atomic E-state index is 0.518. The van der Waals surface area contributed by atoms with Crippen molar-refractivity contribution in [3.8, 4) is 17.3 Å². The first-order valence-corrected chi connectivity index (χ1v) is 5.54. The van der Waals surface area contributed by atoms with Crippen LogP contribution in [0.2, 0.25) is 0 Å². The third-order valence-corrected chi connectivity index (χ3v) is 2.90. The molecule has 5 nitrogen and oxygen atoms in total. The average Bonchev–Trinajstić information content (AvgIpc) is 2.42. The van der Waals surface area contributed by atoms with Crippen LogP contribution in [0.1, 0.15) is 16.7 Å². The van der Waals surface area contributed by atoms with E-state index < -0.39 is 0 Å². The minimum atomic E-state index is 0.518. The fraction of sp³-hybridized carbons (Fsp3) is 0.231. The second-order valence-corrected chi connectivity index (χ2v) is 3.97. The summed E-state index contributed by atoms with van der Waals surface area (Å²) in [5.41, 5.74) is 4.17. The summed E-state index contributed by atoms with van der Waals surface area (Å²) < 4.78 is 0. The molecule has 0 unspecified atom stereocenters. The van der Waals surface area contributed by atoms with E-state index in [4.69, 9.17) is 5.26 Å². The zero-order chi connectivity index (χ0) is 13.1. The summed E-state index contributed by atoms with van der Waals surface area (Å²) in [6, 6.07) is 3.84. The van der Waals surface area contributed by atoms with Gasteiger partial charge in [-0.2, -0.15) is 5.26 Å². The van der Waals surface area contributed by atoms with Gasteiger partial charge in [-0.05, 0) is 31.0 Å². The molecule has 0 saturated heterocycles. The summed E-state index contributed by atoms with van der Waals surface area (Å²) in [6.07, 6.45) is 3.22. The van der Waals surface area contributed by atoms with E-state index in [9.17, 15) is 0 Å². The molecule has 5 heteroatoms. The first-order chi connectivity index (χ1) is 8.67. The largest absolute Gasteiger partial charge is 0.371 e. The van der Waals surface area contributed by atoms with Crippen LogP contribution in [-0.2, 0) is 0 Å². The lowest BCUT2D eigenvalue weighted by atomic mass is 10.0. The van der Waals surface area contributed by atoms with Gasteiger partial charge in [-0.1, -0.05) is 0 Å². The number of pyridine rings is 1. The Hall–Kier alpha value is -2.48. The van der Waals surface area contributed by atoms with Crippen molar-refractivity contribution in [3.05, 3.63) is 35.2 Å². The summed E-state index contributed by atoms with van der Waals surface area (Å²) in [5, 5.41) is 20.2. The summed E-state index contributed by atoms with van der Waals surface area (Å²) in [7, 11) is 1.81. The maximum atomic E-state index is 8.88. The van der Waals surface area contributed by atoms with Crippen LogP contribution in [0, 0.1) is 25.2 Å². The first kappa shape index (κ1) is 12.0. The van der Waals surface area contributed by atoms with Crippen LogP contribution in [0.4, 0.5) is 5.82 Å². The summed E-state index contributed by atoms with van der Waals surface area (Å²) in [5.74, 6) is 0.764. The zero-order valence-corrected chi connectivity index (χ0v) is 10.5. The van der Waals surface area contributed by atoms with Crippen molar-refractivity contribution in [1.82, 2.24) is 15.2 Å². The molecular formula is C13H13N5. The fourth-order valence-electron chi connectivity index (χ4n) is 1.75. The van der Waals surface area contributed by atoms with Crippen molar-refractivity contribution in [2.45, 2.75) is 13.8 Å². The molecule has 0 aliphatic heterocycles. The normalized spacial score (nSPS) is 9.89. The summed E-state index contributed by atoms with van der Waals surface area (Å²) >= 11 is 0. The van der Waals surface area contributed by atoms with Crippen LogP contribution in [0.15, 0.2) is 18.5 Å². The van der Waals surface area contributed by atoms with Crippen LogP contribution in [0.25, 0.3) is 11.3 Å². The Morgan fingerprint density at radius 2 is 1.94 bits per heavy atom. The quantitative estimate of drug-likeness (QED) is 0.868. The van der Waals surface area contributed by atoms with Gasteiger partial charge in [0.1, 0.15) is 6.07 Å². The standard InChI is InChI=1S/C13H13N5/c1-8-9(2)13(15-3)18-17-12(8)11-4-10(5-14)6-16-7-11/h4,6-7H,1-3H3,(H,15,18). The lowest BCUT2D eigenvalue weighted by Gasteiger charge is -2.10. The van der Waals surface area contributed by atoms with Crippen LogP contribution >= 0.6 is 0 Å². The van der Waals surface area contributed by atoms with Crippen molar-refractivity contribution in [2.75, 3.05) is 12.4 Å². The molecule has 2 heterocycles. The Morgan fingerprint density at radius 3 is 2.61 bits per heavy atom. The van der Waals surface area contributed by atoms with E-state index in [1.54, 1.807) is 12.3 Å². The summed E-state index contributed by atoms with van der Waals surface area (Å²) in [6.45, 7) is 3.97. The highest BCUT2D eigenvalue weighted by atomic mass is 15.2. The molecule has 0 atom stereocenters. The molecule has 0 fully saturated rings. The topological polar surface area (TPSA) is 74.5 Å². The van der Waals surface area contributed by atoms with Gasteiger partial charge in [0.2, 0.25) is 0 Å². The highest BCUT2D eigenvalue weighted by Gasteiger charge is 2.11. The zero-order valence-electron chi connectivity index (χ0n) is 10.5. The van der Waals surface area contributed by atoms with E-state index in [1.165, 1.54) is 6.20 Å². The molecule has 2 aromatic heterocycles. The molecule has 0 radical (unpaired) electrons. The van der Waals surface area contributed by atoms with Crippen molar-refractivity contribution in [2.24, 2.45) is 0 Å². The van der Waals surface area contributed by atoms with Crippen LogP contribution < -0.4 is 5.32 Å². The molecule has 90 valence electrons. The fourth-order valence-corrected chi connectivity index (χ4v) is 1.75. The highest BCUT2D eigenvalue weighted by molar-refractivity contribution is 5.66. The van der Waals surface area contributed by atoms with Gasteiger partial charge < -0.3 is 5.32 Å². The molecule has 2 aromatic rings. The average molecular weight is 239 g/mol. The van der Waals surface area contributed by atoms with Gasteiger partial charge in [-0.3, -0.25) is 4.98 Å². The number of nitriles is 1. The maximum Gasteiger partial charge on any atom is 0.151 e. The molecule has 2 rings (SSSR count). The predicted octanol–water partition coefficient (Wildman–Crippen LogP) is 2.07. The molecule has 0 aromatic carbocycles. The van der Waals surface area contributed by atoms with Crippen molar-refractivity contribution >= 4 is 5.82 Å². The van der Waals surface area contributed by atoms with Crippen molar-refractivity contribution < 1.29 is 0 Å². The van der Waals surface area contributed by atoms with Crippen LogP contribution in [0.5, 0.6) is 0 Å². The molecule has 0 amide bonds. The predicted molar refractivity (Wildman–Crippen MR) is 69.0 cm³/mol. The number of nitrogens with zero attached hydrogens (tertiary/aromatic N) is 4. The van der Waals surface area contributed by atoms with Crippen molar-refractivity contribution in [1.29, 1.82) is 5.26 Å². The number of hydrogen-bond acceptors (Lipinski definition) is 5. The number of nitrogens with one attached hydrogen (secondary N) is 1. The van der Waals surface area contributed by atoms with Gasteiger partial charge >= 0.3 is 0 Å². The van der Waals surface area contributed by atoms with E-state index in [1.807, 2.05) is 20.9 Å². The van der Waals surface area contributed by atoms with Gasteiger partial charge in [0, 0.05) is 25.0 Å². The van der Waals surface area contributed by atoms with Gasteiger partial charge in [-0.15, -0.1) is 10.2 Å². The number of anilines is 1. The van der Waals surface area contributed by atoms with E-state index in [2.05, 4.69) is 26.6 Å². The van der Waals surface area contributed by atoms with Crippen LogP contribution in [0.3, 0.4) is 0 Å². The molecule has 1 N–H and O–H groups in total. The second-order valence-electron chi connectivity index (χ2n) is 3.97. The number of aromatic nitrogens is 3. The van der Waals surface area contributed by atoms with Gasteiger partial charge in [0.05, 0.1) is 11.3 Å². The third kappa shape index (κ3) is 2.00. The van der Waals surface area contributed by atoms with E-state index >= 15 is 0 Å². The number of hydrogen-bond donors (Lipinski definition) is 1. The Labute approximate surface area is 106 Å². The highest BCUT2D eigenvalue weighted by Crippen LogP contribution is 2.25. The lowest BCUT2D eigenvalue weighted by molar-refractivity contribution is 1.00. The van der Waals surface area contributed by atoms with E-state index in [-0.39, 0.29) is 0 Å². The first-order valence-electron chi connectivity index (χ1n) is 5.54. The second kappa shape index (κ2) is 4.80. The Bertz CT molecular complexity index is 628. The third-order valence-electron chi connectivity index (χ3n) is 2.90. The Morgan fingerprint density at radius 1 is 1.17 bits per heavy atom. The SMILES string of the molecule is CNc1nnc(-c2cncc(C#N)c2)c(C)c1C. The monoisotopic (exact) mass is 239 g/mol. The summed E-state index contributed by atoms with van der Waals surface area (Å²) in [4.78, 5) is 4.04. The maximum absolute atomic E-state index is 8.88. The molecule has 0 bridgehead atoms. The Kier molecular flexibility index (Phi) is 3.20. The van der Waals surface area contributed by atoms with E-state index in [0.717, 1.165) is 28.2 Å². The van der Waals surface area contributed by atoms with Gasteiger partial charge in [0.15, 0.2) is 5.82 Å². The minimum Gasteiger partial charge on any atom is -0.371 e. The van der Waals surface area contributed by atoms with Gasteiger partial charge in [0.25, 0.3) is 0 Å². The smallest absolute Gasteiger partial charge is 0.151 e. The molecular weight excluding hydrogens is 226 g/mol. The number of rotatable bonds is 2. The molecule has 0 spiro atoms. The van der Waals surface area contributed by atoms with E-state index in [0.29, 0.717) is 5.56 Å². The lowest BCUT2D eigenvalue weighted by Crippen LogP contribution is -2.02. The molecule has 18 heavy (non-hydrogen) atoms. The molecule has 0 aliphatic rings. The van der Waals surface area contributed by atoms with Crippen LogP contribution in [-0.4, -0.2) is 22.2 Å².